The van der Waals surface area contributed by atoms with Gasteiger partial charge in [0.1, 0.15) is 0 Å². The van der Waals surface area contributed by atoms with Gasteiger partial charge >= 0.3 is 11.8 Å². The van der Waals surface area contributed by atoms with Crippen molar-refractivity contribution in [3.8, 4) is 11.5 Å². The lowest BCUT2D eigenvalue weighted by Crippen LogP contribution is -2.41. The minimum Gasteiger partial charge on any atom is -0.490 e. The van der Waals surface area contributed by atoms with Gasteiger partial charge in [0.15, 0.2) is 18.1 Å². The summed E-state index contributed by atoms with van der Waals surface area (Å²) in [6.07, 6.45) is 1.36. The van der Waals surface area contributed by atoms with E-state index >= 15 is 0 Å². The number of anilines is 1. The van der Waals surface area contributed by atoms with E-state index < -0.39 is 11.8 Å². The Labute approximate surface area is 197 Å². The van der Waals surface area contributed by atoms with Crippen LogP contribution >= 0.6 is 11.6 Å². The largest absolute Gasteiger partial charge is 0.490 e. The average Bonchev–Trinajstić information content (AvgIpc) is 2.76. The molecule has 0 bridgehead atoms. The van der Waals surface area contributed by atoms with Gasteiger partial charge in [-0.1, -0.05) is 17.7 Å². The van der Waals surface area contributed by atoms with Crippen molar-refractivity contribution in [2.45, 2.75) is 33.7 Å². The third kappa shape index (κ3) is 8.12. The highest BCUT2D eigenvalue weighted by molar-refractivity contribution is 6.35. The molecule has 176 valence electrons. The first-order chi connectivity index (χ1) is 15.7. The molecular formula is C23H27ClN4O5. The number of nitrogens with one attached hydrogen (secondary N) is 3. The zero-order valence-electron chi connectivity index (χ0n) is 18.9. The molecule has 0 aromatic heterocycles. The van der Waals surface area contributed by atoms with Crippen molar-refractivity contribution >= 4 is 41.2 Å². The van der Waals surface area contributed by atoms with Crippen LogP contribution in [0, 0.1) is 6.92 Å². The minimum atomic E-state index is -0.870. The van der Waals surface area contributed by atoms with E-state index in [1.807, 2.05) is 13.8 Å². The van der Waals surface area contributed by atoms with Gasteiger partial charge in [-0.15, -0.1) is 0 Å². The number of carbonyl (C=O) groups is 3. The lowest BCUT2D eigenvalue weighted by molar-refractivity contribution is -0.139. The normalized spacial score (nSPS) is 10.7. The van der Waals surface area contributed by atoms with E-state index in [-0.39, 0.29) is 18.6 Å². The molecular weight excluding hydrogens is 448 g/mol. The quantitative estimate of drug-likeness (QED) is 0.293. The maximum atomic E-state index is 12.3. The van der Waals surface area contributed by atoms with E-state index in [9.17, 15) is 14.4 Å². The topological polar surface area (TPSA) is 118 Å². The van der Waals surface area contributed by atoms with Crippen molar-refractivity contribution in [3.63, 3.8) is 0 Å². The summed E-state index contributed by atoms with van der Waals surface area (Å²) < 4.78 is 11.2. The summed E-state index contributed by atoms with van der Waals surface area (Å²) in [6.45, 7) is 7.25. The fourth-order valence-corrected chi connectivity index (χ4v) is 2.78. The zero-order valence-corrected chi connectivity index (χ0v) is 19.7. The average molecular weight is 475 g/mol. The summed E-state index contributed by atoms with van der Waals surface area (Å²) in [4.78, 5) is 35.6. The van der Waals surface area contributed by atoms with Crippen molar-refractivity contribution in [1.82, 2.24) is 10.7 Å². The van der Waals surface area contributed by atoms with Crippen molar-refractivity contribution in [2.75, 3.05) is 18.5 Å². The number of carbonyl (C=O) groups excluding carboxylic acids is 3. The molecule has 33 heavy (non-hydrogen) atoms. The van der Waals surface area contributed by atoms with Gasteiger partial charge in [0, 0.05) is 16.8 Å². The summed E-state index contributed by atoms with van der Waals surface area (Å²) in [6, 6.07) is 10.0. The number of hydrogen-bond donors (Lipinski definition) is 3. The molecule has 0 radical (unpaired) electrons. The van der Waals surface area contributed by atoms with Crippen LogP contribution in [0.4, 0.5) is 5.69 Å². The molecule has 3 N–H and O–H groups in total. The van der Waals surface area contributed by atoms with Gasteiger partial charge in [0.2, 0.25) is 0 Å². The Bertz CT molecular complexity index is 1040. The number of amides is 3. The first kappa shape index (κ1) is 25.7. The highest BCUT2D eigenvalue weighted by Crippen LogP contribution is 2.28. The predicted molar refractivity (Wildman–Crippen MR) is 127 cm³/mol. The van der Waals surface area contributed by atoms with Crippen LogP contribution in [0.1, 0.15) is 31.9 Å². The molecule has 0 aliphatic rings. The first-order valence-electron chi connectivity index (χ1n) is 10.3. The number of hydrazone groups is 1. The van der Waals surface area contributed by atoms with Crippen LogP contribution in [-0.4, -0.2) is 43.2 Å². The number of nitrogens with zero attached hydrogens (tertiary/aromatic N) is 1. The lowest BCUT2D eigenvalue weighted by Gasteiger charge is -2.13. The van der Waals surface area contributed by atoms with E-state index in [0.29, 0.717) is 34.4 Å². The van der Waals surface area contributed by atoms with Crippen LogP contribution in [0.25, 0.3) is 0 Å². The van der Waals surface area contributed by atoms with Crippen molar-refractivity contribution < 1.29 is 23.9 Å². The molecule has 0 spiro atoms. The molecule has 0 unspecified atom stereocenters. The number of hydrogen-bond acceptors (Lipinski definition) is 6. The van der Waals surface area contributed by atoms with Crippen LogP contribution in [0.2, 0.25) is 5.02 Å². The molecule has 0 heterocycles. The summed E-state index contributed by atoms with van der Waals surface area (Å²) >= 11 is 6.08. The number of ether oxygens (including phenoxy) is 2. The molecule has 3 amide bonds. The van der Waals surface area contributed by atoms with Crippen LogP contribution in [0.5, 0.6) is 11.5 Å². The Morgan fingerprint density at radius 2 is 1.85 bits per heavy atom. The van der Waals surface area contributed by atoms with Crippen molar-refractivity contribution in [3.05, 3.63) is 52.5 Å². The summed E-state index contributed by atoms with van der Waals surface area (Å²) in [5.74, 6) is -1.22. The number of benzene rings is 2. The Balaban J connectivity index is 1.99. The van der Waals surface area contributed by atoms with Gasteiger partial charge < -0.3 is 20.1 Å². The second-order valence-electron chi connectivity index (χ2n) is 7.22. The van der Waals surface area contributed by atoms with Crippen LogP contribution in [0.3, 0.4) is 0 Å². The highest BCUT2D eigenvalue weighted by Gasteiger charge is 2.13. The van der Waals surface area contributed by atoms with Gasteiger partial charge in [-0.2, -0.15) is 5.10 Å². The summed E-state index contributed by atoms with van der Waals surface area (Å²) in [7, 11) is 0. The maximum absolute atomic E-state index is 12.3. The van der Waals surface area contributed by atoms with Crippen LogP contribution in [-0.2, 0) is 14.4 Å². The first-order valence-corrected chi connectivity index (χ1v) is 10.7. The molecule has 0 saturated carbocycles. The fourth-order valence-electron chi connectivity index (χ4n) is 2.61. The standard InChI is InChI=1S/C23H27ClN4O5/c1-5-32-20-11-16(12-25-28-23(31)22(30)26-14(2)3)9-10-19(20)33-13-21(29)27-18-8-6-7-17(24)15(18)4/h6-12,14H,5,13H2,1-4H3,(H,26,30)(H,27,29)(H,28,31)/b25-12-. The van der Waals surface area contributed by atoms with E-state index in [0.717, 1.165) is 5.56 Å². The smallest absolute Gasteiger partial charge is 0.329 e. The molecule has 2 aromatic carbocycles. The van der Waals surface area contributed by atoms with Gasteiger partial charge in [0.05, 0.1) is 12.8 Å². The summed E-state index contributed by atoms with van der Waals surface area (Å²) in [5, 5.41) is 9.57. The monoisotopic (exact) mass is 474 g/mol. The Morgan fingerprint density at radius 3 is 2.55 bits per heavy atom. The second kappa shape index (κ2) is 12.4. The molecule has 0 saturated heterocycles. The Hall–Kier alpha value is -3.59. The molecule has 0 atom stereocenters. The van der Waals surface area contributed by atoms with Crippen LogP contribution < -0.4 is 25.5 Å². The van der Waals surface area contributed by atoms with Gasteiger partial charge in [-0.25, -0.2) is 5.43 Å². The molecule has 9 nitrogen and oxygen atoms in total. The molecule has 2 aromatic rings. The van der Waals surface area contributed by atoms with E-state index in [2.05, 4.69) is 21.2 Å². The summed E-state index contributed by atoms with van der Waals surface area (Å²) in [5.41, 5.74) is 4.12. The number of halogens is 1. The molecule has 0 aliphatic carbocycles. The highest BCUT2D eigenvalue weighted by atomic mass is 35.5. The lowest BCUT2D eigenvalue weighted by atomic mass is 10.2. The minimum absolute atomic E-state index is 0.162. The third-order valence-electron chi connectivity index (χ3n) is 4.17. The molecule has 0 fully saturated rings. The Kier molecular flexibility index (Phi) is 9.68. The SMILES string of the molecule is CCOc1cc(/C=N\NC(=O)C(=O)NC(C)C)ccc1OCC(=O)Nc1cccc(Cl)c1C. The van der Waals surface area contributed by atoms with Crippen LogP contribution in [0.15, 0.2) is 41.5 Å². The van der Waals surface area contributed by atoms with E-state index in [4.69, 9.17) is 21.1 Å². The predicted octanol–water partition coefficient (Wildman–Crippen LogP) is 3.04. The molecule has 10 heteroatoms. The van der Waals surface area contributed by atoms with Gasteiger partial charge in [-0.05, 0) is 69.2 Å². The third-order valence-corrected chi connectivity index (χ3v) is 4.58. The fraction of sp³-hybridized carbons (Fsp3) is 0.304. The maximum Gasteiger partial charge on any atom is 0.329 e. The van der Waals surface area contributed by atoms with E-state index in [1.54, 1.807) is 50.2 Å². The molecule has 0 aliphatic heterocycles. The van der Waals surface area contributed by atoms with Crippen molar-refractivity contribution in [1.29, 1.82) is 0 Å². The Morgan fingerprint density at radius 1 is 1.09 bits per heavy atom. The van der Waals surface area contributed by atoms with Gasteiger partial charge in [-0.3, -0.25) is 14.4 Å². The van der Waals surface area contributed by atoms with Gasteiger partial charge in [0.25, 0.3) is 5.91 Å². The second-order valence-corrected chi connectivity index (χ2v) is 7.62. The van der Waals surface area contributed by atoms with E-state index in [1.165, 1.54) is 6.21 Å². The van der Waals surface area contributed by atoms with Crippen molar-refractivity contribution in [2.24, 2.45) is 5.10 Å². The number of rotatable bonds is 9. The molecule has 2 rings (SSSR count). The zero-order chi connectivity index (χ0) is 24.4.